The summed E-state index contributed by atoms with van der Waals surface area (Å²) in [6, 6.07) is 8.51. The zero-order chi connectivity index (χ0) is 16.9. The molecule has 128 valence electrons. The van der Waals surface area contributed by atoms with Crippen molar-refractivity contribution in [3.63, 3.8) is 0 Å². The van der Waals surface area contributed by atoms with Gasteiger partial charge in [-0.15, -0.1) is 0 Å². The topological polar surface area (TPSA) is 49.3 Å². The van der Waals surface area contributed by atoms with Crippen LogP contribution in [0.15, 0.2) is 24.3 Å². The van der Waals surface area contributed by atoms with Gasteiger partial charge in [-0.1, -0.05) is 36.8 Å². The predicted molar refractivity (Wildman–Crippen MR) is 97.6 cm³/mol. The standard InChI is InChI=1S/C18H24N4OS/c1-3-17(23)21-9-4-10-22(12-11-21)18-19-16(20-24-18)13-15-7-5-14(2)6-8-15/h5-8H,3-4,9-13H2,1-2H3. The Morgan fingerprint density at radius 3 is 2.71 bits per heavy atom. The fraction of sp³-hybridized carbons (Fsp3) is 0.500. The highest BCUT2D eigenvalue weighted by molar-refractivity contribution is 7.09. The van der Waals surface area contributed by atoms with E-state index >= 15 is 0 Å². The van der Waals surface area contributed by atoms with E-state index in [-0.39, 0.29) is 5.91 Å². The average molecular weight is 344 g/mol. The number of anilines is 1. The molecule has 3 rings (SSSR count). The van der Waals surface area contributed by atoms with Crippen molar-refractivity contribution in [1.29, 1.82) is 0 Å². The summed E-state index contributed by atoms with van der Waals surface area (Å²) in [5.74, 6) is 1.12. The maximum absolute atomic E-state index is 11.9. The van der Waals surface area contributed by atoms with Gasteiger partial charge in [-0.25, -0.2) is 4.98 Å². The molecule has 0 bridgehead atoms. The molecule has 1 amide bonds. The first-order valence-electron chi connectivity index (χ1n) is 8.56. The van der Waals surface area contributed by atoms with Crippen molar-refractivity contribution >= 4 is 22.6 Å². The van der Waals surface area contributed by atoms with Crippen molar-refractivity contribution < 1.29 is 4.79 Å². The van der Waals surface area contributed by atoms with Crippen LogP contribution in [0, 0.1) is 6.92 Å². The maximum atomic E-state index is 11.9. The zero-order valence-electron chi connectivity index (χ0n) is 14.4. The minimum Gasteiger partial charge on any atom is -0.345 e. The third-order valence-electron chi connectivity index (χ3n) is 4.36. The van der Waals surface area contributed by atoms with Crippen LogP contribution in [-0.2, 0) is 11.2 Å². The molecule has 5 nitrogen and oxygen atoms in total. The molecule has 1 aromatic carbocycles. The minimum absolute atomic E-state index is 0.245. The first kappa shape index (κ1) is 16.9. The van der Waals surface area contributed by atoms with Gasteiger partial charge >= 0.3 is 0 Å². The number of nitrogens with zero attached hydrogens (tertiary/aromatic N) is 4. The fourth-order valence-electron chi connectivity index (χ4n) is 2.92. The number of carbonyl (C=O) groups excluding carboxylic acids is 1. The highest BCUT2D eigenvalue weighted by Gasteiger charge is 2.20. The second kappa shape index (κ2) is 7.75. The third-order valence-corrected chi connectivity index (χ3v) is 5.18. The Morgan fingerprint density at radius 2 is 1.96 bits per heavy atom. The predicted octanol–water partition coefficient (Wildman–Crippen LogP) is 2.89. The molecule has 0 unspecified atom stereocenters. The molecule has 24 heavy (non-hydrogen) atoms. The van der Waals surface area contributed by atoms with Crippen molar-refractivity contribution in [2.75, 3.05) is 31.1 Å². The lowest BCUT2D eigenvalue weighted by atomic mass is 10.1. The molecule has 2 aromatic rings. The molecule has 1 aliphatic rings. The Kier molecular flexibility index (Phi) is 5.45. The van der Waals surface area contributed by atoms with Gasteiger partial charge in [0.25, 0.3) is 0 Å². The van der Waals surface area contributed by atoms with Crippen LogP contribution in [-0.4, -0.2) is 46.3 Å². The molecular weight excluding hydrogens is 320 g/mol. The lowest BCUT2D eigenvalue weighted by molar-refractivity contribution is -0.130. The number of hydrogen-bond donors (Lipinski definition) is 0. The summed E-state index contributed by atoms with van der Waals surface area (Å²) in [5, 5.41) is 0.975. The van der Waals surface area contributed by atoms with Gasteiger partial charge in [-0.05, 0) is 18.9 Å². The quantitative estimate of drug-likeness (QED) is 0.856. The molecule has 1 aromatic heterocycles. The van der Waals surface area contributed by atoms with E-state index in [9.17, 15) is 4.79 Å². The van der Waals surface area contributed by atoms with E-state index in [1.807, 2.05) is 11.8 Å². The zero-order valence-corrected chi connectivity index (χ0v) is 15.2. The first-order valence-corrected chi connectivity index (χ1v) is 9.34. The molecule has 0 aliphatic carbocycles. The Balaban J connectivity index is 1.62. The van der Waals surface area contributed by atoms with E-state index in [2.05, 4.69) is 40.5 Å². The van der Waals surface area contributed by atoms with E-state index in [4.69, 9.17) is 4.98 Å². The molecule has 0 spiro atoms. The van der Waals surface area contributed by atoms with Gasteiger partial charge in [0, 0.05) is 50.6 Å². The first-order chi connectivity index (χ1) is 11.7. The summed E-state index contributed by atoms with van der Waals surface area (Å²) in [4.78, 5) is 20.8. The Bertz CT molecular complexity index is 683. The maximum Gasteiger partial charge on any atom is 0.222 e. The van der Waals surface area contributed by atoms with E-state index in [0.29, 0.717) is 6.42 Å². The number of aryl methyl sites for hydroxylation is 1. The molecule has 0 N–H and O–H groups in total. The Labute approximate surface area is 147 Å². The van der Waals surface area contributed by atoms with Crippen LogP contribution < -0.4 is 4.90 Å². The summed E-state index contributed by atoms with van der Waals surface area (Å²) in [6.45, 7) is 7.41. The second-order valence-corrected chi connectivity index (χ2v) is 6.96. The minimum atomic E-state index is 0.245. The van der Waals surface area contributed by atoms with E-state index in [0.717, 1.165) is 50.0 Å². The van der Waals surface area contributed by atoms with Crippen LogP contribution in [0.1, 0.15) is 36.7 Å². The van der Waals surface area contributed by atoms with Crippen molar-refractivity contribution in [1.82, 2.24) is 14.3 Å². The van der Waals surface area contributed by atoms with Gasteiger partial charge < -0.3 is 9.80 Å². The molecule has 0 saturated carbocycles. The normalized spacial score (nSPS) is 15.4. The largest absolute Gasteiger partial charge is 0.345 e. The Morgan fingerprint density at radius 1 is 1.17 bits per heavy atom. The summed E-state index contributed by atoms with van der Waals surface area (Å²) in [7, 11) is 0. The lowest BCUT2D eigenvalue weighted by Gasteiger charge is -2.20. The summed E-state index contributed by atoms with van der Waals surface area (Å²) in [6.07, 6.45) is 2.34. The molecular formula is C18H24N4OS. The number of rotatable bonds is 4. The van der Waals surface area contributed by atoms with Crippen molar-refractivity contribution in [3.8, 4) is 0 Å². The lowest BCUT2D eigenvalue weighted by Crippen LogP contribution is -2.34. The monoisotopic (exact) mass is 344 g/mol. The van der Waals surface area contributed by atoms with Crippen molar-refractivity contribution in [2.45, 2.75) is 33.1 Å². The third kappa shape index (κ3) is 4.12. The average Bonchev–Trinajstić information content (AvgIpc) is 2.91. The smallest absolute Gasteiger partial charge is 0.222 e. The number of aromatic nitrogens is 2. The highest BCUT2D eigenvalue weighted by atomic mass is 32.1. The molecule has 2 heterocycles. The molecule has 1 saturated heterocycles. The summed E-state index contributed by atoms with van der Waals surface area (Å²) >= 11 is 1.46. The van der Waals surface area contributed by atoms with Crippen LogP contribution >= 0.6 is 11.5 Å². The number of benzene rings is 1. The van der Waals surface area contributed by atoms with Crippen LogP contribution in [0.2, 0.25) is 0 Å². The van der Waals surface area contributed by atoms with Crippen LogP contribution in [0.25, 0.3) is 0 Å². The van der Waals surface area contributed by atoms with Gasteiger partial charge in [0.05, 0.1) is 0 Å². The van der Waals surface area contributed by atoms with Crippen molar-refractivity contribution in [3.05, 3.63) is 41.2 Å². The van der Waals surface area contributed by atoms with Gasteiger partial charge in [-0.2, -0.15) is 4.37 Å². The Hall–Kier alpha value is -1.95. The number of hydrogen-bond acceptors (Lipinski definition) is 5. The van der Waals surface area contributed by atoms with Crippen molar-refractivity contribution in [2.24, 2.45) is 0 Å². The van der Waals surface area contributed by atoms with Crippen LogP contribution in [0.3, 0.4) is 0 Å². The van der Waals surface area contributed by atoms with Gasteiger partial charge in [-0.3, -0.25) is 4.79 Å². The van der Waals surface area contributed by atoms with E-state index in [1.54, 1.807) is 0 Å². The highest BCUT2D eigenvalue weighted by Crippen LogP contribution is 2.21. The van der Waals surface area contributed by atoms with Crippen LogP contribution in [0.5, 0.6) is 0 Å². The van der Waals surface area contributed by atoms with Crippen LogP contribution in [0.4, 0.5) is 5.13 Å². The number of carbonyl (C=O) groups is 1. The van der Waals surface area contributed by atoms with Gasteiger partial charge in [0.1, 0.15) is 5.82 Å². The van der Waals surface area contributed by atoms with E-state index < -0.39 is 0 Å². The SMILES string of the molecule is CCC(=O)N1CCCN(c2nc(Cc3ccc(C)cc3)ns2)CC1. The molecule has 0 atom stereocenters. The molecule has 6 heteroatoms. The van der Waals surface area contributed by atoms with E-state index in [1.165, 1.54) is 22.7 Å². The summed E-state index contributed by atoms with van der Waals surface area (Å²) in [5.41, 5.74) is 2.50. The summed E-state index contributed by atoms with van der Waals surface area (Å²) < 4.78 is 4.52. The van der Waals surface area contributed by atoms with Gasteiger partial charge in [0.2, 0.25) is 11.0 Å². The second-order valence-electron chi connectivity index (χ2n) is 6.23. The molecule has 0 radical (unpaired) electrons. The molecule has 1 aliphatic heterocycles. The number of amides is 1. The molecule has 1 fully saturated rings. The van der Waals surface area contributed by atoms with Gasteiger partial charge in [0.15, 0.2) is 0 Å². The fourth-order valence-corrected chi connectivity index (χ4v) is 3.65.